The van der Waals surface area contributed by atoms with Crippen LogP contribution in [0.25, 0.3) is 0 Å². The number of aliphatic hydroxyl groups is 1. The normalized spacial score (nSPS) is 12.2. The van der Waals surface area contributed by atoms with Gasteiger partial charge >= 0.3 is 6.03 Å². The number of nitrogens with one attached hydrogen (secondary N) is 2. The molecule has 1 atom stereocenters. The van der Waals surface area contributed by atoms with Gasteiger partial charge in [0.25, 0.3) is 0 Å². The first kappa shape index (κ1) is 17.3. The van der Waals surface area contributed by atoms with E-state index in [1.165, 1.54) is 0 Å². The molecule has 0 spiro atoms. The summed E-state index contributed by atoms with van der Waals surface area (Å²) in [5.41, 5.74) is 6.05. The second-order valence-corrected chi connectivity index (χ2v) is 5.22. The molecule has 0 aliphatic rings. The van der Waals surface area contributed by atoms with Crippen molar-refractivity contribution in [2.45, 2.75) is 32.4 Å². The van der Waals surface area contributed by atoms with Crippen LogP contribution < -0.4 is 21.1 Å². The van der Waals surface area contributed by atoms with Crippen molar-refractivity contribution in [2.24, 2.45) is 5.73 Å². The smallest absolute Gasteiger partial charge is 0.312 e. The monoisotopic (exact) mass is 295 g/mol. The zero-order valence-electron chi connectivity index (χ0n) is 12.6. The Morgan fingerprint density at radius 1 is 1.43 bits per heavy atom. The van der Waals surface area contributed by atoms with Crippen molar-refractivity contribution in [1.29, 1.82) is 0 Å². The molecule has 6 nitrogen and oxygen atoms in total. The van der Waals surface area contributed by atoms with E-state index in [-0.39, 0.29) is 6.61 Å². The Labute approximate surface area is 125 Å². The van der Waals surface area contributed by atoms with Gasteiger partial charge in [-0.1, -0.05) is 26.0 Å². The molecule has 0 heterocycles. The molecule has 0 fully saturated rings. The molecule has 0 saturated heterocycles. The fourth-order valence-corrected chi connectivity index (χ4v) is 1.74. The predicted octanol–water partition coefficient (Wildman–Crippen LogP) is 0.635. The number of amides is 2. The molecule has 0 radical (unpaired) electrons. The maximum Gasteiger partial charge on any atom is 0.312 e. The van der Waals surface area contributed by atoms with Crippen molar-refractivity contribution >= 4 is 6.03 Å². The molecule has 2 amide bonds. The average molecular weight is 295 g/mol. The van der Waals surface area contributed by atoms with Gasteiger partial charge in [0, 0.05) is 19.1 Å². The number of carbonyl (C=O) groups excluding carboxylic acids is 1. The number of benzene rings is 1. The van der Waals surface area contributed by atoms with Crippen molar-refractivity contribution in [1.82, 2.24) is 10.6 Å². The summed E-state index contributed by atoms with van der Waals surface area (Å²) in [6.45, 7) is 5.27. The van der Waals surface area contributed by atoms with Gasteiger partial charge in [-0.25, -0.2) is 4.79 Å². The van der Waals surface area contributed by atoms with Crippen LogP contribution in [0.1, 0.15) is 19.4 Å². The third-order valence-corrected chi connectivity index (χ3v) is 2.82. The summed E-state index contributed by atoms with van der Waals surface area (Å²) in [6, 6.07) is 7.38. The maximum atomic E-state index is 10.6. The lowest BCUT2D eigenvalue weighted by atomic mass is 10.1. The number of nitrogens with two attached hydrogens (primary N) is 1. The molecule has 1 rings (SSSR count). The van der Waals surface area contributed by atoms with Gasteiger partial charge in [0.05, 0.1) is 0 Å². The fourth-order valence-electron chi connectivity index (χ4n) is 1.74. The van der Waals surface area contributed by atoms with E-state index >= 15 is 0 Å². The van der Waals surface area contributed by atoms with Crippen LogP contribution in [-0.4, -0.2) is 43.0 Å². The van der Waals surface area contributed by atoms with Gasteiger partial charge in [-0.2, -0.15) is 0 Å². The van der Waals surface area contributed by atoms with Gasteiger partial charge in [-0.15, -0.1) is 0 Å². The highest BCUT2D eigenvalue weighted by Gasteiger charge is 2.06. The Morgan fingerprint density at radius 3 is 2.86 bits per heavy atom. The first-order valence-electron chi connectivity index (χ1n) is 7.14. The van der Waals surface area contributed by atoms with Gasteiger partial charge in [-0.3, -0.25) is 0 Å². The first-order chi connectivity index (χ1) is 9.97. The molecule has 0 aliphatic heterocycles. The number of ether oxygens (including phenoxy) is 1. The van der Waals surface area contributed by atoms with Gasteiger partial charge < -0.3 is 26.2 Å². The summed E-state index contributed by atoms with van der Waals surface area (Å²) in [5.74, 6) is 0.704. The molecule has 21 heavy (non-hydrogen) atoms. The number of hydrogen-bond donors (Lipinski definition) is 4. The highest BCUT2D eigenvalue weighted by Crippen LogP contribution is 2.13. The molecular formula is C15H25N3O3. The highest BCUT2D eigenvalue weighted by atomic mass is 16.5. The topological polar surface area (TPSA) is 96.6 Å². The predicted molar refractivity (Wildman–Crippen MR) is 82.4 cm³/mol. The van der Waals surface area contributed by atoms with Crippen LogP contribution in [-0.2, 0) is 6.42 Å². The van der Waals surface area contributed by atoms with E-state index < -0.39 is 12.1 Å². The third kappa shape index (κ3) is 8.16. The first-order valence-corrected chi connectivity index (χ1v) is 7.14. The standard InChI is InChI=1S/C15H25N3O3/c1-11(2)18-9-13(19)10-21-14-5-3-4-12(8-14)6-7-17-15(16)20/h3-5,8,11,13,18-19H,6-7,9-10H2,1-2H3,(H3,16,17,20). The largest absolute Gasteiger partial charge is 0.491 e. The van der Waals surface area contributed by atoms with Crippen LogP contribution in [0.2, 0.25) is 0 Å². The van der Waals surface area contributed by atoms with Crippen molar-refractivity contribution in [3.8, 4) is 5.75 Å². The molecule has 1 unspecified atom stereocenters. The minimum atomic E-state index is -0.549. The summed E-state index contributed by atoms with van der Waals surface area (Å²) in [7, 11) is 0. The number of carbonyl (C=O) groups is 1. The van der Waals surface area contributed by atoms with E-state index in [0.29, 0.717) is 31.3 Å². The summed E-state index contributed by atoms with van der Waals surface area (Å²) in [6.07, 6.45) is 0.130. The van der Waals surface area contributed by atoms with E-state index in [1.807, 2.05) is 38.1 Å². The SMILES string of the molecule is CC(C)NCC(O)COc1cccc(CCNC(N)=O)c1. The Morgan fingerprint density at radius 2 is 2.19 bits per heavy atom. The average Bonchev–Trinajstić information content (AvgIpc) is 2.43. The third-order valence-electron chi connectivity index (χ3n) is 2.82. The molecule has 1 aromatic rings. The highest BCUT2D eigenvalue weighted by molar-refractivity contribution is 5.71. The molecule has 0 saturated carbocycles. The van der Waals surface area contributed by atoms with E-state index in [9.17, 15) is 9.90 Å². The van der Waals surface area contributed by atoms with Crippen molar-refractivity contribution in [3.63, 3.8) is 0 Å². The molecule has 118 valence electrons. The quantitative estimate of drug-likeness (QED) is 0.537. The maximum absolute atomic E-state index is 10.6. The molecule has 1 aromatic carbocycles. The Balaban J connectivity index is 2.36. The number of primary amides is 1. The lowest BCUT2D eigenvalue weighted by molar-refractivity contribution is 0.104. The van der Waals surface area contributed by atoms with Crippen LogP contribution in [0.15, 0.2) is 24.3 Å². The van der Waals surface area contributed by atoms with Crippen LogP contribution in [0.3, 0.4) is 0 Å². The molecule has 0 bridgehead atoms. The van der Waals surface area contributed by atoms with Crippen LogP contribution in [0, 0.1) is 0 Å². The second kappa shape index (κ2) is 9.20. The Hall–Kier alpha value is -1.79. The van der Waals surface area contributed by atoms with Gasteiger partial charge in [0.1, 0.15) is 18.5 Å². The zero-order valence-corrected chi connectivity index (χ0v) is 12.6. The summed E-state index contributed by atoms with van der Waals surface area (Å²) < 4.78 is 5.57. The minimum absolute atomic E-state index is 0.239. The number of hydrogen-bond acceptors (Lipinski definition) is 4. The number of rotatable bonds is 9. The van der Waals surface area contributed by atoms with Crippen molar-refractivity contribution in [2.75, 3.05) is 19.7 Å². The van der Waals surface area contributed by atoms with Crippen LogP contribution in [0.4, 0.5) is 4.79 Å². The van der Waals surface area contributed by atoms with Crippen molar-refractivity contribution in [3.05, 3.63) is 29.8 Å². The Bertz CT molecular complexity index is 438. The minimum Gasteiger partial charge on any atom is -0.491 e. The van der Waals surface area contributed by atoms with E-state index in [1.54, 1.807) is 0 Å². The summed E-state index contributed by atoms with van der Waals surface area (Å²) in [4.78, 5) is 10.6. The lowest BCUT2D eigenvalue weighted by Gasteiger charge is -2.15. The Kier molecular flexibility index (Phi) is 7.56. The van der Waals surface area contributed by atoms with Gasteiger partial charge in [-0.05, 0) is 24.1 Å². The zero-order chi connectivity index (χ0) is 15.7. The molecule has 0 aromatic heterocycles. The number of aliphatic hydroxyl groups excluding tert-OH is 1. The molecule has 6 heteroatoms. The van der Waals surface area contributed by atoms with Gasteiger partial charge in [0.15, 0.2) is 0 Å². The fraction of sp³-hybridized carbons (Fsp3) is 0.533. The van der Waals surface area contributed by atoms with E-state index in [0.717, 1.165) is 5.56 Å². The lowest BCUT2D eigenvalue weighted by Crippen LogP contribution is -2.35. The number of urea groups is 1. The van der Waals surface area contributed by atoms with Gasteiger partial charge in [0.2, 0.25) is 0 Å². The molecular weight excluding hydrogens is 270 g/mol. The van der Waals surface area contributed by atoms with Crippen LogP contribution >= 0.6 is 0 Å². The van der Waals surface area contributed by atoms with E-state index in [4.69, 9.17) is 10.5 Å². The second-order valence-electron chi connectivity index (χ2n) is 5.22. The molecule has 0 aliphatic carbocycles. The molecule has 5 N–H and O–H groups in total. The van der Waals surface area contributed by atoms with E-state index in [2.05, 4.69) is 10.6 Å². The summed E-state index contributed by atoms with van der Waals surface area (Å²) in [5, 5.41) is 15.5. The van der Waals surface area contributed by atoms with Crippen molar-refractivity contribution < 1.29 is 14.6 Å². The summed E-state index contributed by atoms with van der Waals surface area (Å²) >= 11 is 0. The van der Waals surface area contributed by atoms with Crippen LogP contribution in [0.5, 0.6) is 5.75 Å².